The summed E-state index contributed by atoms with van der Waals surface area (Å²) < 4.78 is 0. The maximum Gasteiger partial charge on any atom is 0.331 e. The summed E-state index contributed by atoms with van der Waals surface area (Å²) in [6.45, 7) is 9.94. The summed E-state index contributed by atoms with van der Waals surface area (Å²) in [6.07, 6.45) is 2.43. The minimum atomic E-state index is -0.797. The van der Waals surface area contributed by atoms with Crippen molar-refractivity contribution in [2.75, 3.05) is 40.3 Å². The fourth-order valence-corrected chi connectivity index (χ4v) is 1.74. The largest absolute Gasteiger partial charge is 0.478 e. The number of aliphatic carboxylic acids is 1. The van der Waals surface area contributed by atoms with Crippen LogP contribution in [0.4, 0.5) is 0 Å². The normalized spacial score (nSPS) is 12.8. The van der Waals surface area contributed by atoms with Gasteiger partial charge in [0.05, 0.1) is 0 Å². The molecule has 0 aliphatic carbocycles. The van der Waals surface area contributed by atoms with Gasteiger partial charge in [-0.2, -0.15) is 0 Å². The fourth-order valence-electron chi connectivity index (χ4n) is 1.74. The van der Waals surface area contributed by atoms with E-state index in [0.717, 1.165) is 26.2 Å². The molecular weight excluding hydrogens is 228 g/mol. The molecule has 0 rings (SSSR count). The number of carboxylic acids is 1. The molecule has 0 radical (unpaired) electrons. The van der Waals surface area contributed by atoms with Crippen LogP contribution in [-0.4, -0.2) is 61.2 Å². The molecule has 0 saturated carbocycles. The molecule has 4 heteroatoms. The molecule has 1 N–H and O–H groups in total. The molecule has 0 fully saturated rings. The molecule has 0 aliphatic rings. The number of rotatable bonds is 9. The first-order valence-electron chi connectivity index (χ1n) is 6.66. The number of hydrogen-bond acceptors (Lipinski definition) is 3. The molecule has 18 heavy (non-hydrogen) atoms. The molecule has 0 heterocycles. The van der Waals surface area contributed by atoms with Crippen molar-refractivity contribution in [2.24, 2.45) is 5.92 Å². The lowest BCUT2D eigenvalue weighted by molar-refractivity contribution is -0.132. The highest BCUT2D eigenvalue weighted by atomic mass is 16.4. The standard InChI is InChI=1S/C14H28N2O2/c1-6-13(14(17)18)7-8-16(11-12(2)3)10-9-15(4)5/h7,12H,6,8-11H2,1-5H3,(H,17,18). The lowest BCUT2D eigenvalue weighted by Crippen LogP contribution is -2.34. The monoisotopic (exact) mass is 256 g/mol. The van der Waals surface area contributed by atoms with Gasteiger partial charge >= 0.3 is 5.97 Å². The summed E-state index contributed by atoms with van der Waals surface area (Å²) >= 11 is 0. The van der Waals surface area contributed by atoms with Gasteiger partial charge in [-0.3, -0.25) is 4.90 Å². The van der Waals surface area contributed by atoms with Gasteiger partial charge < -0.3 is 10.0 Å². The van der Waals surface area contributed by atoms with E-state index >= 15 is 0 Å². The van der Waals surface area contributed by atoms with E-state index in [1.165, 1.54) is 0 Å². The topological polar surface area (TPSA) is 43.8 Å². The molecule has 4 nitrogen and oxygen atoms in total. The predicted octanol–water partition coefficient (Wildman–Crippen LogP) is 1.93. The van der Waals surface area contributed by atoms with Crippen LogP contribution in [0.25, 0.3) is 0 Å². The Morgan fingerprint density at radius 2 is 1.89 bits per heavy atom. The first-order valence-corrected chi connectivity index (χ1v) is 6.66. The highest BCUT2D eigenvalue weighted by molar-refractivity contribution is 5.86. The molecule has 0 aromatic heterocycles. The Kier molecular flexibility index (Phi) is 8.67. The van der Waals surface area contributed by atoms with Gasteiger partial charge in [-0.15, -0.1) is 0 Å². The highest BCUT2D eigenvalue weighted by Crippen LogP contribution is 2.04. The van der Waals surface area contributed by atoms with E-state index in [1.54, 1.807) is 0 Å². The van der Waals surface area contributed by atoms with Gasteiger partial charge in [-0.1, -0.05) is 26.8 Å². The second-order valence-electron chi connectivity index (χ2n) is 5.34. The molecule has 106 valence electrons. The first-order chi connectivity index (χ1) is 8.36. The van der Waals surface area contributed by atoms with E-state index in [2.05, 4.69) is 37.7 Å². The van der Waals surface area contributed by atoms with Crippen molar-refractivity contribution in [3.8, 4) is 0 Å². The zero-order valence-electron chi connectivity index (χ0n) is 12.4. The minimum absolute atomic E-state index is 0.508. The molecule has 0 unspecified atom stereocenters. The van der Waals surface area contributed by atoms with E-state index in [1.807, 2.05) is 13.0 Å². The Balaban J connectivity index is 4.42. The molecule has 0 aromatic carbocycles. The average Bonchev–Trinajstić information content (AvgIpc) is 2.25. The molecule has 0 atom stereocenters. The zero-order valence-corrected chi connectivity index (χ0v) is 12.4. The van der Waals surface area contributed by atoms with E-state index in [-0.39, 0.29) is 0 Å². The van der Waals surface area contributed by atoms with Crippen molar-refractivity contribution in [3.63, 3.8) is 0 Å². The maximum absolute atomic E-state index is 10.9. The number of likely N-dealkylation sites (N-methyl/N-ethyl adjacent to an activating group) is 1. The molecule has 0 aromatic rings. The molecule has 0 spiro atoms. The SMILES string of the molecule is CCC(=CCN(CCN(C)C)CC(C)C)C(=O)O. The highest BCUT2D eigenvalue weighted by Gasteiger charge is 2.09. The first kappa shape index (κ1) is 17.1. The summed E-state index contributed by atoms with van der Waals surface area (Å²) in [5.74, 6) is -0.204. The van der Waals surface area contributed by atoms with Crippen molar-refractivity contribution in [1.82, 2.24) is 9.80 Å². The Morgan fingerprint density at radius 1 is 1.28 bits per heavy atom. The fraction of sp³-hybridized carbons (Fsp3) is 0.786. The van der Waals surface area contributed by atoms with Crippen LogP contribution in [0.5, 0.6) is 0 Å². The summed E-state index contributed by atoms with van der Waals surface area (Å²) in [6, 6.07) is 0. The van der Waals surface area contributed by atoms with Crippen molar-refractivity contribution in [2.45, 2.75) is 27.2 Å². The average molecular weight is 256 g/mol. The summed E-state index contributed by atoms with van der Waals surface area (Å²) in [7, 11) is 4.11. The van der Waals surface area contributed by atoms with E-state index in [4.69, 9.17) is 5.11 Å². The molecular formula is C14H28N2O2. The number of carbonyl (C=O) groups is 1. The van der Waals surface area contributed by atoms with Crippen LogP contribution >= 0.6 is 0 Å². The smallest absolute Gasteiger partial charge is 0.331 e. The minimum Gasteiger partial charge on any atom is -0.478 e. The Hall–Kier alpha value is -0.870. The van der Waals surface area contributed by atoms with E-state index < -0.39 is 5.97 Å². The third-order valence-electron chi connectivity index (χ3n) is 2.74. The number of hydrogen-bond donors (Lipinski definition) is 1. The lowest BCUT2D eigenvalue weighted by Gasteiger charge is -2.24. The summed E-state index contributed by atoms with van der Waals surface area (Å²) in [5.41, 5.74) is 0.508. The molecule has 0 aliphatic heterocycles. The summed E-state index contributed by atoms with van der Waals surface area (Å²) in [5, 5.41) is 8.99. The lowest BCUT2D eigenvalue weighted by atomic mass is 10.1. The third-order valence-corrected chi connectivity index (χ3v) is 2.74. The van der Waals surface area contributed by atoms with Crippen LogP contribution in [0.1, 0.15) is 27.2 Å². The van der Waals surface area contributed by atoms with Crippen LogP contribution in [0.2, 0.25) is 0 Å². The van der Waals surface area contributed by atoms with Gasteiger partial charge in [0.2, 0.25) is 0 Å². The number of carboxylic acid groups (broad SMARTS) is 1. The third kappa shape index (κ3) is 8.25. The van der Waals surface area contributed by atoms with Crippen molar-refractivity contribution >= 4 is 5.97 Å². The van der Waals surface area contributed by atoms with Gasteiger partial charge in [-0.25, -0.2) is 4.79 Å². The zero-order chi connectivity index (χ0) is 14.1. The van der Waals surface area contributed by atoms with Crippen LogP contribution in [0.15, 0.2) is 11.6 Å². The Labute approximate surface area is 111 Å². The van der Waals surface area contributed by atoms with Gasteiger partial charge in [-0.05, 0) is 26.4 Å². The molecule has 0 bridgehead atoms. The number of nitrogens with zero attached hydrogens (tertiary/aromatic N) is 2. The van der Waals surface area contributed by atoms with Crippen LogP contribution < -0.4 is 0 Å². The van der Waals surface area contributed by atoms with Gasteiger partial charge in [0.15, 0.2) is 0 Å². The second-order valence-corrected chi connectivity index (χ2v) is 5.34. The quantitative estimate of drug-likeness (QED) is 0.640. The van der Waals surface area contributed by atoms with E-state index in [9.17, 15) is 4.79 Å². The van der Waals surface area contributed by atoms with Crippen molar-refractivity contribution in [3.05, 3.63) is 11.6 Å². The second kappa shape index (κ2) is 9.11. The maximum atomic E-state index is 10.9. The van der Waals surface area contributed by atoms with Crippen molar-refractivity contribution < 1.29 is 9.90 Å². The van der Waals surface area contributed by atoms with Crippen LogP contribution in [0.3, 0.4) is 0 Å². The molecule has 0 amide bonds. The van der Waals surface area contributed by atoms with E-state index in [0.29, 0.717) is 17.9 Å². The van der Waals surface area contributed by atoms with Gasteiger partial charge in [0, 0.05) is 31.8 Å². The Bertz CT molecular complexity index is 273. The van der Waals surface area contributed by atoms with Gasteiger partial charge in [0.25, 0.3) is 0 Å². The van der Waals surface area contributed by atoms with Gasteiger partial charge in [0.1, 0.15) is 0 Å². The Morgan fingerprint density at radius 3 is 2.28 bits per heavy atom. The predicted molar refractivity (Wildman–Crippen MR) is 75.8 cm³/mol. The van der Waals surface area contributed by atoms with Crippen LogP contribution in [-0.2, 0) is 4.79 Å². The summed E-state index contributed by atoms with van der Waals surface area (Å²) in [4.78, 5) is 15.4. The van der Waals surface area contributed by atoms with Crippen molar-refractivity contribution in [1.29, 1.82) is 0 Å². The molecule has 0 saturated heterocycles. The van der Waals surface area contributed by atoms with Crippen LogP contribution in [0, 0.1) is 5.92 Å².